The molecular formula is C25H25F3N2O3. The molecule has 0 atom stereocenters. The van der Waals surface area contributed by atoms with Gasteiger partial charge in [-0.2, -0.15) is 18.2 Å². The molecule has 174 valence electrons. The van der Waals surface area contributed by atoms with E-state index in [9.17, 15) is 18.0 Å². The number of aromatic nitrogens is 2. The van der Waals surface area contributed by atoms with E-state index in [4.69, 9.17) is 9.47 Å². The van der Waals surface area contributed by atoms with Crippen LogP contribution >= 0.6 is 0 Å². The minimum absolute atomic E-state index is 0.206. The summed E-state index contributed by atoms with van der Waals surface area (Å²) < 4.78 is 49.4. The van der Waals surface area contributed by atoms with Crippen LogP contribution in [0.5, 0.6) is 5.88 Å². The van der Waals surface area contributed by atoms with Gasteiger partial charge < -0.3 is 9.47 Å². The van der Waals surface area contributed by atoms with Crippen molar-refractivity contribution in [2.24, 2.45) is 0 Å². The average Bonchev–Trinajstić information content (AvgIpc) is 2.81. The zero-order chi connectivity index (χ0) is 23.7. The van der Waals surface area contributed by atoms with E-state index in [1.807, 2.05) is 30.3 Å². The molecular weight excluding hydrogens is 433 g/mol. The molecule has 3 rings (SSSR count). The highest BCUT2D eigenvalue weighted by Gasteiger charge is 2.30. The Labute approximate surface area is 190 Å². The number of hydrogen-bond donors (Lipinski definition) is 0. The second kappa shape index (κ2) is 11.4. The molecule has 0 N–H and O–H groups in total. The maximum atomic E-state index is 12.9. The van der Waals surface area contributed by atoms with Crippen LogP contribution in [0.1, 0.15) is 38.2 Å². The molecule has 8 heteroatoms. The Bertz CT molecular complexity index is 1040. The molecule has 0 saturated heterocycles. The lowest BCUT2D eigenvalue weighted by atomic mass is 10.1. The number of carbonyl (C=O) groups excluding carboxylic acids is 1. The van der Waals surface area contributed by atoms with Gasteiger partial charge in [0.1, 0.15) is 0 Å². The van der Waals surface area contributed by atoms with E-state index in [1.165, 1.54) is 12.1 Å². The van der Waals surface area contributed by atoms with Crippen molar-refractivity contribution in [2.45, 2.75) is 38.8 Å². The summed E-state index contributed by atoms with van der Waals surface area (Å²) in [7, 11) is 0. The van der Waals surface area contributed by atoms with Crippen LogP contribution in [-0.4, -0.2) is 29.2 Å². The van der Waals surface area contributed by atoms with Gasteiger partial charge in [0.15, 0.2) is 5.82 Å². The summed E-state index contributed by atoms with van der Waals surface area (Å²) in [5, 5.41) is 0. The molecule has 0 amide bonds. The maximum absolute atomic E-state index is 12.9. The molecule has 0 spiro atoms. The molecule has 1 heterocycles. The number of nitrogens with zero attached hydrogens (tertiary/aromatic N) is 2. The Balaban J connectivity index is 1.73. The molecule has 0 aliphatic carbocycles. The van der Waals surface area contributed by atoms with Crippen molar-refractivity contribution in [3.8, 4) is 28.5 Å². The first kappa shape index (κ1) is 24.2. The third kappa shape index (κ3) is 7.30. The van der Waals surface area contributed by atoms with Crippen molar-refractivity contribution in [3.63, 3.8) is 0 Å². The van der Waals surface area contributed by atoms with Gasteiger partial charge in [0.25, 0.3) is 0 Å². The average molecular weight is 458 g/mol. The van der Waals surface area contributed by atoms with Gasteiger partial charge in [-0.3, -0.25) is 4.79 Å². The van der Waals surface area contributed by atoms with E-state index in [2.05, 4.69) is 9.97 Å². The number of hydrogen-bond acceptors (Lipinski definition) is 5. The van der Waals surface area contributed by atoms with Crippen LogP contribution in [-0.2, 0) is 15.7 Å². The highest BCUT2D eigenvalue weighted by atomic mass is 19.4. The lowest BCUT2D eigenvalue weighted by molar-refractivity contribution is -0.143. The highest BCUT2D eigenvalue weighted by molar-refractivity contribution is 5.69. The molecule has 1 aromatic heterocycles. The Hall–Kier alpha value is -3.42. The van der Waals surface area contributed by atoms with E-state index < -0.39 is 11.7 Å². The van der Waals surface area contributed by atoms with Crippen LogP contribution in [0.4, 0.5) is 13.2 Å². The van der Waals surface area contributed by atoms with E-state index >= 15 is 0 Å². The second-order valence-corrected chi connectivity index (χ2v) is 7.32. The van der Waals surface area contributed by atoms with Gasteiger partial charge in [-0.1, -0.05) is 42.5 Å². The zero-order valence-electron chi connectivity index (χ0n) is 18.3. The number of halogens is 3. The van der Waals surface area contributed by atoms with Crippen LogP contribution in [0.25, 0.3) is 22.6 Å². The van der Waals surface area contributed by atoms with Crippen LogP contribution < -0.4 is 4.74 Å². The van der Waals surface area contributed by atoms with E-state index in [0.717, 1.165) is 30.5 Å². The molecule has 3 aromatic rings. The number of alkyl halides is 3. The van der Waals surface area contributed by atoms with Gasteiger partial charge in [-0.25, -0.2) is 4.98 Å². The summed E-state index contributed by atoms with van der Waals surface area (Å²) in [6, 6.07) is 15.8. The van der Waals surface area contributed by atoms with Crippen LogP contribution in [0.15, 0.2) is 60.7 Å². The molecule has 0 saturated carbocycles. The lowest BCUT2D eigenvalue weighted by Crippen LogP contribution is -2.05. The van der Waals surface area contributed by atoms with Crippen molar-refractivity contribution in [2.75, 3.05) is 13.2 Å². The monoisotopic (exact) mass is 458 g/mol. The Morgan fingerprint density at radius 3 is 2.30 bits per heavy atom. The summed E-state index contributed by atoms with van der Waals surface area (Å²) in [5.41, 5.74) is 1.18. The summed E-state index contributed by atoms with van der Waals surface area (Å²) in [6.45, 7) is 2.54. The normalized spacial score (nSPS) is 11.3. The van der Waals surface area contributed by atoms with Crippen LogP contribution in [0.2, 0.25) is 0 Å². The van der Waals surface area contributed by atoms with E-state index in [1.54, 1.807) is 13.0 Å². The van der Waals surface area contributed by atoms with Crippen LogP contribution in [0, 0.1) is 0 Å². The topological polar surface area (TPSA) is 61.3 Å². The van der Waals surface area contributed by atoms with Crippen molar-refractivity contribution >= 4 is 5.97 Å². The van der Waals surface area contributed by atoms with Gasteiger partial charge in [-0.15, -0.1) is 0 Å². The second-order valence-electron chi connectivity index (χ2n) is 7.32. The molecule has 0 fully saturated rings. The molecule has 0 unspecified atom stereocenters. The van der Waals surface area contributed by atoms with Gasteiger partial charge in [0, 0.05) is 23.6 Å². The highest BCUT2D eigenvalue weighted by Crippen LogP contribution is 2.31. The summed E-state index contributed by atoms with van der Waals surface area (Å²) in [4.78, 5) is 20.3. The van der Waals surface area contributed by atoms with Crippen molar-refractivity contribution in [1.29, 1.82) is 0 Å². The van der Waals surface area contributed by atoms with Crippen molar-refractivity contribution in [1.82, 2.24) is 9.97 Å². The van der Waals surface area contributed by atoms with E-state index in [-0.39, 0.29) is 11.8 Å². The van der Waals surface area contributed by atoms with E-state index in [0.29, 0.717) is 43.2 Å². The lowest BCUT2D eigenvalue weighted by Gasteiger charge is -2.11. The largest absolute Gasteiger partial charge is 0.478 e. The Morgan fingerprint density at radius 2 is 1.64 bits per heavy atom. The molecule has 0 bridgehead atoms. The predicted octanol–water partition coefficient (Wildman–Crippen LogP) is 6.33. The number of ether oxygens (including phenoxy) is 2. The molecule has 0 aliphatic heterocycles. The minimum atomic E-state index is -4.41. The summed E-state index contributed by atoms with van der Waals surface area (Å²) in [5.74, 6) is 0.412. The first-order valence-corrected chi connectivity index (χ1v) is 10.8. The molecule has 5 nitrogen and oxygen atoms in total. The SMILES string of the molecule is CCOC(=O)CCCCCOc1cc(-c2ccccc2)nc(-c2ccc(C(F)(F)F)cc2)n1. The fourth-order valence-electron chi connectivity index (χ4n) is 3.15. The number of rotatable bonds is 10. The number of unbranched alkanes of at least 4 members (excludes halogenated alkanes) is 2. The van der Waals surface area contributed by atoms with Gasteiger partial charge in [0.05, 0.1) is 24.5 Å². The standard InChI is InChI=1S/C25H25F3N2O3/c1-2-32-23(31)11-7-4-8-16-33-22-17-21(18-9-5-3-6-10-18)29-24(30-22)19-12-14-20(15-13-19)25(26,27)28/h3,5-6,9-10,12-15,17H,2,4,7-8,11,16H2,1H3. The number of esters is 1. The van der Waals surface area contributed by atoms with Crippen molar-refractivity contribution in [3.05, 3.63) is 66.2 Å². The fourth-order valence-corrected chi connectivity index (χ4v) is 3.15. The summed E-state index contributed by atoms with van der Waals surface area (Å²) >= 11 is 0. The van der Waals surface area contributed by atoms with Gasteiger partial charge >= 0.3 is 12.1 Å². The quantitative estimate of drug-likeness (QED) is 0.262. The van der Waals surface area contributed by atoms with Gasteiger partial charge in [-0.05, 0) is 38.3 Å². The summed E-state index contributed by atoms with van der Waals surface area (Å²) in [6.07, 6.45) is -1.82. The molecule has 0 radical (unpaired) electrons. The fraction of sp³-hybridized carbons (Fsp3) is 0.320. The third-order valence-electron chi connectivity index (χ3n) is 4.82. The molecule has 2 aromatic carbocycles. The van der Waals surface area contributed by atoms with Crippen molar-refractivity contribution < 1.29 is 27.4 Å². The zero-order valence-corrected chi connectivity index (χ0v) is 18.3. The minimum Gasteiger partial charge on any atom is -0.478 e. The number of benzene rings is 2. The van der Waals surface area contributed by atoms with Gasteiger partial charge in [0.2, 0.25) is 5.88 Å². The molecule has 0 aliphatic rings. The Kier molecular flexibility index (Phi) is 8.40. The maximum Gasteiger partial charge on any atom is 0.416 e. The smallest absolute Gasteiger partial charge is 0.416 e. The number of carbonyl (C=O) groups is 1. The molecule has 33 heavy (non-hydrogen) atoms. The van der Waals surface area contributed by atoms with Crippen LogP contribution in [0.3, 0.4) is 0 Å². The predicted molar refractivity (Wildman–Crippen MR) is 119 cm³/mol. The first-order valence-electron chi connectivity index (χ1n) is 10.8. The first-order chi connectivity index (χ1) is 15.9. The third-order valence-corrected chi connectivity index (χ3v) is 4.82. The Morgan fingerprint density at radius 1 is 0.909 bits per heavy atom.